The summed E-state index contributed by atoms with van der Waals surface area (Å²) >= 11 is 6.15. The predicted octanol–water partition coefficient (Wildman–Crippen LogP) is 3.65. The van der Waals surface area contributed by atoms with E-state index in [9.17, 15) is 28.8 Å². The molecule has 5 unspecified atom stereocenters. The molecule has 0 aliphatic carbocycles. The molecule has 2 fully saturated rings. The van der Waals surface area contributed by atoms with Crippen LogP contribution in [0.4, 0.5) is 4.79 Å². The highest BCUT2D eigenvalue weighted by molar-refractivity contribution is 6.32. The highest BCUT2D eigenvalue weighted by atomic mass is 35.5. The zero-order chi connectivity index (χ0) is 47.2. The first-order valence-electron chi connectivity index (χ1n) is 20.4. The Morgan fingerprint density at radius 3 is 2.32 bits per heavy atom. The maximum atomic E-state index is 13.4. The molecule has 0 saturated carbocycles. The second kappa shape index (κ2) is 28.0. The zero-order valence-corrected chi connectivity index (χ0v) is 38.4. The number of aliphatic hydroxyl groups is 3. The van der Waals surface area contributed by atoms with Crippen molar-refractivity contribution in [2.24, 2.45) is 5.92 Å². The molecule has 1 aromatic carbocycles. The molecule has 2 saturated heterocycles. The number of allylic oxidation sites excluding steroid dienone is 3. The Morgan fingerprint density at radius 1 is 1.06 bits per heavy atom. The fourth-order valence-electron chi connectivity index (χ4n) is 6.99. The number of epoxide rings is 1. The van der Waals surface area contributed by atoms with E-state index >= 15 is 0 Å². The quantitative estimate of drug-likeness (QED) is 0.0414. The standard InChI is InChI=1S/C41H55ClN4O10.3CH4O/c1-25(21-28-16-17-30(42)32(22-28)53-7)13-10-11-14-29-23-31(54-40(52)44-29)26(2)38-41(4,56-38)33(24-34(47)43-5)55-39(51)27(3)45(6)35(48)15-9-8-12-20-46-36(49)18-19-37(46)50;3*1-2/h10-11,13,16-19,22,26-27,29,31,33,38H,8-9,12,14-15,20-21,23-24H2,1-7H3,(H,43,47)(H,44,52);3*2H,1H3/b11-10+,25-13+;;;/t26-,27?,29?,31?,33+,38?,41?;;;/m1.../s1. The summed E-state index contributed by atoms with van der Waals surface area (Å²) in [5.41, 5.74) is 1.17. The van der Waals surface area contributed by atoms with Crippen molar-refractivity contribution in [1.82, 2.24) is 20.4 Å². The van der Waals surface area contributed by atoms with Gasteiger partial charge in [-0.1, -0.05) is 54.8 Å². The van der Waals surface area contributed by atoms with Crippen LogP contribution in [0.3, 0.4) is 0 Å². The highest BCUT2D eigenvalue weighted by Gasteiger charge is 2.63. The molecule has 0 aromatic heterocycles. The Bertz CT molecular complexity index is 1720. The van der Waals surface area contributed by atoms with E-state index in [-0.39, 0.29) is 55.0 Å². The lowest BCUT2D eigenvalue weighted by Gasteiger charge is -2.33. The molecule has 4 rings (SSSR count). The largest absolute Gasteiger partial charge is 0.495 e. The normalized spacial score (nSPS) is 21.6. The zero-order valence-electron chi connectivity index (χ0n) is 37.6. The van der Waals surface area contributed by atoms with Gasteiger partial charge in [0.1, 0.15) is 29.6 Å². The summed E-state index contributed by atoms with van der Waals surface area (Å²) in [4.78, 5) is 77.5. The number of nitrogens with zero attached hydrogens (tertiary/aromatic N) is 2. The third-order valence-electron chi connectivity index (χ3n) is 10.7. The number of carbonyl (C=O) groups is 6. The number of cyclic esters (lactones) is 1. The van der Waals surface area contributed by atoms with E-state index in [0.717, 1.165) is 43.8 Å². The lowest BCUT2D eigenvalue weighted by Crippen LogP contribution is -2.49. The first kappa shape index (κ1) is 55.2. The first-order chi connectivity index (χ1) is 29.6. The van der Waals surface area contributed by atoms with Crippen LogP contribution in [-0.4, -0.2) is 146 Å². The number of alkyl carbamates (subject to hydrolysis) is 1. The van der Waals surface area contributed by atoms with Gasteiger partial charge >= 0.3 is 12.1 Å². The number of nitrogens with one attached hydrogen (secondary N) is 2. The van der Waals surface area contributed by atoms with Gasteiger partial charge < -0.3 is 49.8 Å². The summed E-state index contributed by atoms with van der Waals surface area (Å²) < 4.78 is 23.1. The number of halogens is 1. The number of methoxy groups -OCH3 is 1. The van der Waals surface area contributed by atoms with E-state index in [1.807, 2.05) is 50.3 Å². The number of unbranched alkanes of at least 4 members (excludes halogenated alkanes) is 2. The number of rotatable bonds is 20. The topological polar surface area (TPSA) is 234 Å². The lowest BCUT2D eigenvalue weighted by atomic mass is 9.85. The fraction of sp³-hybridized carbons (Fsp3) is 0.591. The van der Waals surface area contributed by atoms with E-state index in [0.29, 0.717) is 42.9 Å². The maximum Gasteiger partial charge on any atom is 0.407 e. The summed E-state index contributed by atoms with van der Waals surface area (Å²) in [6, 6.07) is 4.57. The smallest absolute Gasteiger partial charge is 0.407 e. The molecule has 1 aromatic rings. The first-order valence-corrected chi connectivity index (χ1v) is 20.8. The summed E-state index contributed by atoms with van der Waals surface area (Å²) in [5, 5.41) is 27.0. The Balaban J connectivity index is 0.00000306. The van der Waals surface area contributed by atoms with E-state index < -0.39 is 42.0 Å². The molecule has 62 heavy (non-hydrogen) atoms. The maximum absolute atomic E-state index is 13.4. The molecular weight excluding hydrogens is 828 g/mol. The molecule has 18 heteroatoms. The van der Waals surface area contributed by atoms with Crippen LogP contribution in [0.2, 0.25) is 5.02 Å². The molecule has 7 atom stereocenters. The number of aliphatic hydroxyl groups excluding tert-OH is 3. The van der Waals surface area contributed by atoms with Gasteiger partial charge in [0.2, 0.25) is 11.8 Å². The minimum absolute atomic E-state index is 0.165. The van der Waals surface area contributed by atoms with E-state index in [4.69, 9.17) is 45.9 Å². The number of hydrogen-bond donors (Lipinski definition) is 5. The molecule has 17 nitrogen and oxygen atoms in total. The van der Waals surface area contributed by atoms with Crippen molar-refractivity contribution >= 4 is 47.3 Å². The number of likely N-dealkylation sites (N-methyl/N-ethyl adjacent to an activating group) is 1. The molecule has 3 heterocycles. The van der Waals surface area contributed by atoms with Crippen LogP contribution >= 0.6 is 11.6 Å². The highest BCUT2D eigenvalue weighted by Crippen LogP contribution is 2.48. The van der Waals surface area contributed by atoms with Crippen molar-refractivity contribution in [3.05, 3.63) is 64.7 Å². The van der Waals surface area contributed by atoms with Crippen molar-refractivity contribution < 1.29 is 63.0 Å². The summed E-state index contributed by atoms with van der Waals surface area (Å²) in [6.07, 6.45) is 9.52. The molecule has 5 amide bonds. The Labute approximate surface area is 370 Å². The number of amides is 5. The second-order valence-electron chi connectivity index (χ2n) is 14.9. The van der Waals surface area contributed by atoms with Crippen molar-refractivity contribution in [3.63, 3.8) is 0 Å². The van der Waals surface area contributed by atoms with Crippen LogP contribution in [0, 0.1) is 5.92 Å². The van der Waals surface area contributed by atoms with Crippen molar-refractivity contribution in [2.75, 3.05) is 49.1 Å². The minimum Gasteiger partial charge on any atom is -0.495 e. The molecule has 3 aliphatic rings. The second-order valence-corrected chi connectivity index (χ2v) is 15.3. The molecule has 0 bridgehead atoms. The van der Waals surface area contributed by atoms with Crippen LogP contribution in [-0.2, 0) is 44.6 Å². The summed E-state index contributed by atoms with van der Waals surface area (Å²) in [6.45, 7) is 7.56. The Kier molecular flexibility index (Phi) is 24.9. The number of imide groups is 1. The van der Waals surface area contributed by atoms with Gasteiger partial charge in [0.25, 0.3) is 11.8 Å². The van der Waals surface area contributed by atoms with Gasteiger partial charge in [0.15, 0.2) is 0 Å². The van der Waals surface area contributed by atoms with Gasteiger partial charge in [0, 0.05) is 78.9 Å². The van der Waals surface area contributed by atoms with Crippen LogP contribution < -0.4 is 15.4 Å². The molecule has 0 spiro atoms. The van der Waals surface area contributed by atoms with Gasteiger partial charge in [-0.15, -0.1) is 0 Å². The van der Waals surface area contributed by atoms with Crippen molar-refractivity contribution in [1.29, 1.82) is 0 Å². The summed E-state index contributed by atoms with van der Waals surface area (Å²) in [5.74, 6) is -1.64. The number of carbonyl (C=O) groups excluding carboxylic acids is 6. The number of benzene rings is 1. The molecule has 348 valence electrons. The third-order valence-corrected chi connectivity index (χ3v) is 11.0. The predicted molar refractivity (Wildman–Crippen MR) is 233 cm³/mol. The van der Waals surface area contributed by atoms with Crippen LogP contribution in [0.5, 0.6) is 5.75 Å². The lowest BCUT2D eigenvalue weighted by molar-refractivity contribution is -0.162. The van der Waals surface area contributed by atoms with E-state index in [1.165, 1.54) is 31.1 Å². The van der Waals surface area contributed by atoms with E-state index in [1.54, 1.807) is 21.0 Å². The summed E-state index contributed by atoms with van der Waals surface area (Å²) in [7, 11) is 7.59. The third kappa shape index (κ3) is 16.5. The Hall–Kier alpha value is -4.81. The van der Waals surface area contributed by atoms with Crippen LogP contribution in [0.25, 0.3) is 0 Å². The van der Waals surface area contributed by atoms with Crippen molar-refractivity contribution in [2.45, 2.75) is 115 Å². The number of ether oxygens (including phenoxy) is 4. The van der Waals surface area contributed by atoms with Gasteiger partial charge in [-0.05, 0) is 64.2 Å². The number of hydrogen-bond acceptors (Lipinski definition) is 13. The van der Waals surface area contributed by atoms with E-state index in [2.05, 4.69) is 10.6 Å². The monoisotopic (exact) mass is 894 g/mol. The van der Waals surface area contributed by atoms with Gasteiger partial charge in [0.05, 0.1) is 24.7 Å². The van der Waals surface area contributed by atoms with Gasteiger partial charge in [-0.25, -0.2) is 9.59 Å². The van der Waals surface area contributed by atoms with Crippen LogP contribution in [0.1, 0.15) is 78.2 Å². The Morgan fingerprint density at radius 2 is 1.71 bits per heavy atom. The SMILES string of the molecule is CNC(=O)C[C@H](OC(=O)C(C)N(C)C(=O)CCCCCN1C(=O)C=CC1=O)C1(C)OC1[C@H](C)C1CC(C/C=C/C=C(\C)Cc2ccc(Cl)c(OC)c2)NC(=O)O1.CO.CO.CO. The molecule has 3 aliphatic heterocycles. The van der Waals surface area contributed by atoms with Gasteiger partial charge in [-0.3, -0.25) is 24.1 Å². The molecular formula is C44H67ClN4O13. The average Bonchev–Trinajstić information content (AvgIpc) is 3.88. The molecule has 0 radical (unpaired) electrons. The van der Waals surface area contributed by atoms with Crippen molar-refractivity contribution in [3.8, 4) is 5.75 Å². The van der Waals surface area contributed by atoms with Crippen LogP contribution in [0.15, 0.2) is 54.2 Å². The molecule has 5 N–H and O–H groups in total. The fourth-order valence-corrected chi connectivity index (χ4v) is 7.19. The number of esters is 1. The van der Waals surface area contributed by atoms with Gasteiger partial charge in [-0.2, -0.15) is 0 Å². The minimum atomic E-state index is -1.04. The average molecular weight is 895 g/mol.